The molecule has 1 heterocycles. The van der Waals surface area contributed by atoms with E-state index in [-0.39, 0.29) is 0 Å². The lowest BCUT2D eigenvalue weighted by molar-refractivity contribution is 0.185. The number of rotatable bonds is 5. The number of nitrogens with one attached hydrogen (secondary N) is 2. The summed E-state index contributed by atoms with van der Waals surface area (Å²) in [4.78, 5) is 9.09. The summed E-state index contributed by atoms with van der Waals surface area (Å²) in [7, 11) is 5.97. The first-order valence-corrected chi connectivity index (χ1v) is 5.76. The number of piperazine rings is 1. The predicted molar refractivity (Wildman–Crippen MR) is 68.6 cm³/mol. The first kappa shape index (κ1) is 13.0. The van der Waals surface area contributed by atoms with Crippen LogP contribution in [0.5, 0.6) is 0 Å². The highest BCUT2D eigenvalue weighted by Crippen LogP contribution is 2.09. The van der Waals surface area contributed by atoms with Crippen molar-refractivity contribution in [2.75, 3.05) is 53.9 Å². The van der Waals surface area contributed by atoms with Crippen molar-refractivity contribution in [3.8, 4) is 0 Å². The maximum absolute atomic E-state index is 4.42. The van der Waals surface area contributed by atoms with Crippen molar-refractivity contribution >= 4 is 6.34 Å². The highest BCUT2D eigenvalue weighted by atomic mass is 15.3. The highest BCUT2D eigenvalue weighted by molar-refractivity contribution is 5.55. The summed E-state index contributed by atoms with van der Waals surface area (Å²) in [5.41, 5.74) is 0. The molecule has 1 aliphatic heterocycles. The number of hydrogen-bond acceptors (Lipinski definition) is 4. The Hall–Kier alpha value is -1.07. The van der Waals surface area contributed by atoms with Crippen molar-refractivity contribution in [3.63, 3.8) is 0 Å². The van der Waals surface area contributed by atoms with Gasteiger partial charge in [0.05, 0.1) is 6.34 Å². The molecule has 1 aliphatic rings. The second kappa shape index (κ2) is 7.24. The van der Waals surface area contributed by atoms with E-state index < -0.39 is 0 Å². The first-order chi connectivity index (χ1) is 7.77. The van der Waals surface area contributed by atoms with Gasteiger partial charge in [-0.2, -0.15) is 0 Å². The van der Waals surface area contributed by atoms with E-state index >= 15 is 0 Å². The molecule has 1 saturated heterocycles. The summed E-state index contributed by atoms with van der Waals surface area (Å²) in [5, 5.41) is 6.05. The van der Waals surface area contributed by atoms with Gasteiger partial charge in [0.15, 0.2) is 0 Å². The smallest absolute Gasteiger partial charge is 0.127 e. The van der Waals surface area contributed by atoms with Crippen LogP contribution in [0.25, 0.3) is 0 Å². The molecule has 0 aromatic heterocycles. The number of likely N-dealkylation sites (N-methyl/N-ethyl adjacent to an activating group) is 2. The van der Waals surface area contributed by atoms with Crippen molar-refractivity contribution < 1.29 is 0 Å². The van der Waals surface area contributed by atoms with Crippen LogP contribution in [-0.4, -0.2) is 70.0 Å². The molecule has 0 aliphatic carbocycles. The van der Waals surface area contributed by atoms with Gasteiger partial charge in [-0.05, 0) is 20.2 Å². The molecule has 1 fully saturated rings. The molecule has 0 saturated carbocycles. The summed E-state index contributed by atoms with van der Waals surface area (Å²) in [5.74, 6) is 1.05. The topological polar surface area (TPSA) is 42.9 Å². The van der Waals surface area contributed by atoms with Gasteiger partial charge in [0, 0.05) is 39.8 Å². The number of hydrogen-bond donors (Lipinski definition) is 2. The quantitative estimate of drug-likeness (QED) is 0.491. The molecular weight excluding hydrogens is 202 g/mol. The van der Waals surface area contributed by atoms with Crippen molar-refractivity contribution in [3.05, 3.63) is 11.9 Å². The largest absolute Gasteiger partial charge is 0.379 e. The average molecular weight is 225 g/mol. The van der Waals surface area contributed by atoms with Crippen molar-refractivity contribution in [2.45, 2.75) is 0 Å². The monoisotopic (exact) mass is 225 g/mol. The summed E-state index contributed by atoms with van der Waals surface area (Å²) < 4.78 is 0. The molecule has 0 aromatic rings. The summed E-state index contributed by atoms with van der Waals surface area (Å²) in [6, 6.07) is 0. The Kier molecular flexibility index (Phi) is 5.88. The zero-order valence-corrected chi connectivity index (χ0v) is 10.5. The first-order valence-electron chi connectivity index (χ1n) is 5.76. The van der Waals surface area contributed by atoms with Crippen LogP contribution < -0.4 is 10.6 Å². The zero-order chi connectivity index (χ0) is 11.8. The van der Waals surface area contributed by atoms with Gasteiger partial charge in [0.2, 0.25) is 0 Å². The summed E-state index contributed by atoms with van der Waals surface area (Å²) >= 11 is 0. The van der Waals surface area contributed by atoms with Gasteiger partial charge in [-0.3, -0.25) is 0 Å². The van der Waals surface area contributed by atoms with E-state index in [4.69, 9.17) is 0 Å². The third-order valence-electron chi connectivity index (χ3n) is 2.64. The van der Waals surface area contributed by atoms with Gasteiger partial charge in [0.25, 0.3) is 0 Å². The average Bonchev–Trinajstić information content (AvgIpc) is 2.31. The Morgan fingerprint density at radius 3 is 2.50 bits per heavy atom. The fourth-order valence-electron chi connectivity index (χ4n) is 1.62. The fraction of sp³-hybridized carbons (Fsp3) is 0.727. The van der Waals surface area contributed by atoms with Gasteiger partial charge >= 0.3 is 0 Å². The molecule has 16 heavy (non-hydrogen) atoms. The summed E-state index contributed by atoms with van der Waals surface area (Å²) in [6.07, 6.45) is 3.86. The molecule has 5 heteroatoms. The minimum Gasteiger partial charge on any atom is -0.379 e. The molecule has 0 unspecified atom stereocenters. The fourth-order valence-corrected chi connectivity index (χ4v) is 1.62. The van der Waals surface area contributed by atoms with Gasteiger partial charge in [-0.15, -0.1) is 0 Å². The van der Waals surface area contributed by atoms with E-state index in [1.54, 1.807) is 6.34 Å². The van der Waals surface area contributed by atoms with Crippen LogP contribution in [0.1, 0.15) is 0 Å². The Labute approximate surface area is 98.2 Å². The second-order valence-electron chi connectivity index (χ2n) is 3.96. The molecule has 92 valence electrons. The van der Waals surface area contributed by atoms with Gasteiger partial charge in [0.1, 0.15) is 5.82 Å². The maximum atomic E-state index is 4.42. The van der Waals surface area contributed by atoms with Gasteiger partial charge in [-0.25, -0.2) is 4.99 Å². The number of nitrogens with zero attached hydrogens (tertiary/aromatic N) is 3. The lowest BCUT2D eigenvalue weighted by Crippen LogP contribution is -2.43. The SMILES string of the molecule is CN/C=N\C(=C/CNC)N1CCN(C)CC1. The normalized spacial score (nSPS) is 19.4. The van der Waals surface area contributed by atoms with E-state index in [1.165, 1.54) is 0 Å². The van der Waals surface area contributed by atoms with Crippen molar-refractivity contribution in [2.24, 2.45) is 4.99 Å². The van der Waals surface area contributed by atoms with E-state index in [0.717, 1.165) is 38.5 Å². The molecule has 0 atom stereocenters. The third kappa shape index (κ3) is 4.20. The van der Waals surface area contributed by atoms with Crippen LogP contribution in [0.2, 0.25) is 0 Å². The summed E-state index contributed by atoms with van der Waals surface area (Å²) in [6.45, 7) is 5.15. The van der Waals surface area contributed by atoms with Crippen LogP contribution in [0.3, 0.4) is 0 Å². The van der Waals surface area contributed by atoms with Crippen LogP contribution in [0.15, 0.2) is 16.9 Å². The molecule has 0 bridgehead atoms. The molecular formula is C11H23N5. The molecule has 1 rings (SSSR count). The third-order valence-corrected chi connectivity index (χ3v) is 2.64. The Morgan fingerprint density at radius 1 is 1.25 bits per heavy atom. The minimum absolute atomic E-state index is 0.850. The maximum Gasteiger partial charge on any atom is 0.127 e. The zero-order valence-electron chi connectivity index (χ0n) is 10.5. The second-order valence-corrected chi connectivity index (χ2v) is 3.96. The van der Waals surface area contributed by atoms with Crippen molar-refractivity contribution in [1.82, 2.24) is 20.4 Å². The van der Waals surface area contributed by atoms with Crippen LogP contribution >= 0.6 is 0 Å². The van der Waals surface area contributed by atoms with E-state index in [0.29, 0.717) is 0 Å². The van der Waals surface area contributed by atoms with E-state index in [1.807, 2.05) is 14.1 Å². The molecule has 0 amide bonds. The predicted octanol–water partition coefficient (Wildman–Crippen LogP) is -0.458. The van der Waals surface area contributed by atoms with Gasteiger partial charge in [-0.1, -0.05) is 0 Å². The molecule has 2 N–H and O–H groups in total. The van der Waals surface area contributed by atoms with E-state index in [9.17, 15) is 0 Å². The van der Waals surface area contributed by atoms with Crippen LogP contribution in [0, 0.1) is 0 Å². The van der Waals surface area contributed by atoms with Gasteiger partial charge < -0.3 is 20.4 Å². The van der Waals surface area contributed by atoms with Crippen LogP contribution in [-0.2, 0) is 0 Å². The molecule has 0 radical (unpaired) electrons. The Bertz CT molecular complexity index is 241. The van der Waals surface area contributed by atoms with E-state index in [2.05, 4.69) is 38.5 Å². The highest BCUT2D eigenvalue weighted by Gasteiger charge is 2.15. The lowest BCUT2D eigenvalue weighted by atomic mass is 10.3. The molecule has 5 nitrogen and oxygen atoms in total. The molecule has 0 spiro atoms. The standard InChI is InChI=1S/C11H23N5/c1-12-5-4-11(14-10-13-2)16-8-6-15(3)7-9-16/h4,10,12H,5-9H2,1-3H3,(H,13,14)/b11-4+. The Morgan fingerprint density at radius 2 is 1.94 bits per heavy atom. The minimum atomic E-state index is 0.850. The Balaban J connectivity index is 2.57. The number of aliphatic imine (C=N–C) groups is 1. The lowest BCUT2D eigenvalue weighted by Gasteiger charge is -2.33. The van der Waals surface area contributed by atoms with Crippen molar-refractivity contribution in [1.29, 1.82) is 0 Å². The van der Waals surface area contributed by atoms with Crippen LogP contribution in [0.4, 0.5) is 0 Å². The molecule has 0 aromatic carbocycles.